The van der Waals surface area contributed by atoms with Crippen molar-refractivity contribution in [2.45, 2.75) is 52.0 Å². The summed E-state index contributed by atoms with van der Waals surface area (Å²) in [4.78, 5) is 0. The highest BCUT2D eigenvalue weighted by molar-refractivity contribution is 5.30. The van der Waals surface area contributed by atoms with Gasteiger partial charge in [0, 0.05) is 20.3 Å². The first kappa shape index (κ1) is 15.2. The summed E-state index contributed by atoms with van der Waals surface area (Å²) in [7, 11) is 1.76. The number of rotatable bonds is 9. The SMILES string of the molecule is CCCCc1cc(CN)cc(CCCCOC)c1. The van der Waals surface area contributed by atoms with Gasteiger partial charge in [-0.2, -0.15) is 0 Å². The predicted octanol–water partition coefficient (Wildman–Crippen LogP) is 3.46. The number of methoxy groups -OCH3 is 1. The largest absolute Gasteiger partial charge is 0.385 e. The zero-order valence-corrected chi connectivity index (χ0v) is 11.9. The molecule has 0 saturated heterocycles. The Morgan fingerprint density at radius 2 is 1.56 bits per heavy atom. The molecule has 1 aromatic carbocycles. The summed E-state index contributed by atoms with van der Waals surface area (Å²) in [5.74, 6) is 0. The lowest BCUT2D eigenvalue weighted by molar-refractivity contribution is 0.193. The molecule has 0 radical (unpaired) electrons. The maximum absolute atomic E-state index is 5.77. The quantitative estimate of drug-likeness (QED) is 0.680. The molecule has 0 aromatic heterocycles. The van der Waals surface area contributed by atoms with Crippen LogP contribution in [-0.4, -0.2) is 13.7 Å². The molecule has 0 amide bonds. The van der Waals surface area contributed by atoms with Gasteiger partial charge in [-0.15, -0.1) is 0 Å². The Morgan fingerprint density at radius 1 is 0.944 bits per heavy atom. The minimum absolute atomic E-state index is 0.644. The van der Waals surface area contributed by atoms with Crippen LogP contribution in [0.15, 0.2) is 18.2 Å². The molecule has 0 atom stereocenters. The lowest BCUT2D eigenvalue weighted by Gasteiger charge is -2.09. The van der Waals surface area contributed by atoms with E-state index in [0.717, 1.165) is 19.4 Å². The predicted molar refractivity (Wildman–Crippen MR) is 77.8 cm³/mol. The van der Waals surface area contributed by atoms with E-state index in [4.69, 9.17) is 10.5 Å². The Kier molecular flexibility index (Phi) is 7.70. The normalized spacial score (nSPS) is 10.8. The molecule has 0 bridgehead atoms. The van der Waals surface area contributed by atoms with Crippen molar-refractivity contribution in [2.24, 2.45) is 5.73 Å². The molecule has 0 aliphatic heterocycles. The molecule has 0 spiro atoms. The lowest BCUT2D eigenvalue weighted by atomic mass is 9.99. The fraction of sp³-hybridized carbons (Fsp3) is 0.625. The van der Waals surface area contributed by atoms with Crippen LogP contribution in [0.25, 0.3) is 0 Å². The lowest BCUT2D eigenvalue weighted by Crippen LogP contribution is -2.00. The van der Waals surface area contributed by atoms with Crippen LogP contribution >= 0.6 is 0 Å². The zero-order chi connectivity index (χ0) is 13.2. The maximum Gasteiger partial charge on any atom is 0.0462 e. The third kappa shape index (κ3) is 5.65. The molecule has 2 heteroatoms. The van der Waals surface area contributed by atoms with Crippen molar-refractivity contribution in [1.82, 2.24) is 0 Å². The minimum atomic E-state index is 0.644. The van der Waals surface area contributed by atoms with Crippen molar-refractivity contribution >= 4 is 0 Å². The van der Waals surface area contributed by atoms with Gasteiger partial charge in [-0.1, -0.05) is 31.5 Å². The molecular formula is C16H27NO. The van der Waals surface area contributed by atoms with Crippen LogP contribution in [0.5, 0.6) is 0 Å². The van der Waals surface area contributed by atoms with Gasteiger partial charge in [0.15, 0.2) is 0 Å². The highest BCUT2D eigenvalue weighted by atomic mass is 16.5. The standard InChI is InChI=1S/C16H27NO/c1-3-4-7-14-10-15(8-5-6-9-18-2)12-16(11-14)13-17/h10-12H,3-9,13,17H2,1-2H3. The van der Waals surface area contributed by atoms with Crippen molar-refractivity contribution in [3.05, 3.63) is 34.9 Å². The van der Waals surface area contributed by atoms with E-state index in [0.29, 0.717) is 6.54 Å². The van der Waals surface area contributed by atoms with Crippen LogP contribution in [0.1, 0.15) is 49.3 Å². The second-order valence-corrected chi connectivity index (χ2v) is 4.92. The number of aryl methyl sites for hydroxylation is 2. The van der Waals surface area contributed by atoms with Gasteiger partial charge in [0.25, 0.3) is 0 Å². The number of hydrogen-bond acceptors (Lipinski definition) is 2. The van der Waals surface area contributed by atoms with Gasteiger partial charge in [0.1, 0.15) is 0 Å². The zero-order valence-electron chi connectivity index (χ0n) is 11.9. The van der Waals surface area contributed by atoms with Crippen molar-refractivity contribution in [1.29, 1.82) is 0 Å². The number of benzene rings is 1. The molecule has 0 saturated carbocycles. The number of unbranched alkanes of at least 4 members (excludes halogenated alkanes) is 2. The van der Waals surface area contributed by atoms with Crippen molar-refractivity contribution in [3.8, 4) is 0 Å². The van der Waals surface area contributed by atoms with Gasteiger partial charge < -0.3 is 10.5 Å². The summed E-state index contributed by atoms with van der Waals surface area (Å²) in [6.45, 7) is 3.74. The Balaban J connectivity index is 2.58. The first-order chi connectivity index (χ1) is 8.80. The van der Waals surface area contributed by atoms with E-state index >= 15 is 0 Å². The summed E-state index contributed by atoms with van der Waals surface area (Å²) in [6, 6.07) is 6.86. The topological polar surface area (TPSA) is 35.2 Å². The van der Waals surface area contributed by atoms with E-state index in [1.807, 2.05) is 0 Å². The van der Waals surface area contributed by atoms with Crippen molar-refractivity contribution < 1.29 is 4.74 Å². The Labute approximate surface area is 112 Å². The molecule has 0 heterocycles. The van der Waals surface area contributed by atoms with Crippen molar-refractivity contribution in [2.75, 3.05) is 13.7 Å². The smallest absolute Gasteiger partial charge is 0.0462 e. The summed E-state index contributed by atoms with van der Waals surface area (Å²) >= 11 is 0. The van der Waals surface area contributed by atoms with E-state index < -0.39 is 0 Å². The Bertz CT molecular complexity index is 336. The molecule has 18 heavy (non-hydrogen) atoms. The summed E-state index contributed by atoms with van der Waals surface area (Å²) < 4.78 is 5.08. The number of hydrogen-bond donors (Lipinski definition) is 1. The summed E-state index contributed by atoms with van der Waals surface area (Å²) in [5.41, 5.74) is 9.92. The average molecular weight is 249 g/mol. The molecule has 2 N–H and O–H groups in total. The average Bonchev–Trinajstić information content (AvgIpc) is 2.41. The van der Waals surface area contributed by atoms with Crippen LogP contribution in [0.3, 0.4) is 0 Å². The molecule has 2 nitrogen and oxygen atoms in total. The van der Waals surface area contributed by atoms with Gasteiger partial charge in [0.05, 0.1) is 0 Å². The molecular weight excluding hydrogens is 222 g/mol. The number of nitrogens with two attached hydrogens (primary N) is 1. The summed E-state index contributed by atoms with van der Waals surface area (Å²) in [6.07, 6.45) is 7.14. The fourth-order valence-corrected chi connectivity index (χ4v) is 2.20. The summed E-state index contributed by atoms with van der Waals surface area (Å²) in [5, 5.41) is 0. The molecule has 0 unspecified atom stereocenters. The molecule has 0 fully saturated rings. The third-order valence-electron chi connectivity index (χ3n) is 3.23. The van der Waals surface area contributed by atoms with Crippen LogP contribution in [0, 0.1) is 0 Å². The highest BCUT2D eigenvalue weighted by Gasteiger charge is 2.01. The van der Waals surface area contributed by atoms with Gasteiger partial charge >= 0.3 is 0 Å². The highest BCUT2D eigenvalue weighted by Crippen LogP contribution is 2.15. The van der Waals surface area contributed by atoms with E-state index in [1.54, 1.807) is 7.11 Å². The molecule has 102 valence electrons. The van der Waals surface area contributed by atoms with Crippen LogP contribution in [0.2, 0.25) is 0 Å². The van der Waals surface area contributed by atoms with E-state index in [2.05, 4.69) is 25.1 Å². The first-order valence-electron chi connectivity index (χ1n) is 7.10. The van der Waals surface area contributed by atoms with Gasteiger partial charge in [-0.05, 0) is 48.8 Å². The second kappa shape index (κ2) is 9.12. The first-order valence-corrected chi connectivity index (χ1v) is 7.10. The molecule has 0 aliphatic rings. The van der Waals surface area contributed by atoms with Crippen molar-refractivity contribution in [3.63, 3.8) is 0 Å². The van der Waals surface area contributed by atoms with Gasteiger partial charge in [0.2, 0.25) is 0 Å². The van der Waals surface area contributed by atoms with E-state index in [1.165, 1.54) is 42.4 Å². The molecule has 1 aromatic rings. The second-order valence-electron chi connectivity index (χ2n) is 4.92. The third-order valence-corrected chi connectivity index (χ3v) is 3.23. The number of ether oxygens (including phenoxy) is 1. The Hall–Kier alpha value is -0.860. The van der Waals surface area contributed by atoms with Crippen LogP contribution < -0.4 is 5.73 Å². The Morgan fingerprint density at radius 3 is 2.11 bits per heavy atom. The van der Waals surface area contributed by atoms with E-state index in [9.17, 15) is 0 Å². The molecule has 1 rings (SSSR count). The molecule has 0 aliphatic carbocycles. The monoisotopic (exact) mass is 249 g/mol. The van der Waals surface area contributed by atoms with Crippen LogP contribution in [0.4, 0.5) is 0 Å². The minimum Gasteiger partial charge on any atom is -0.385 e. The van der Waals surface area contributed by atoms with Gasteiger partial charge in [-0.25, -0.2) is 0 Å². The van der Waals surface area contributed by atoms with Crippen LogP contribution in [-0.2, 0) is 24.1 Å². The fourth-order valence-electron chi connectivity index (χ4n) is 2.20. The van der Waals surface area contributed by atoms with Gasteiger partial charge in [-0.3, -0.25) is 0 Å². The van der Waals surface area contributed by atoms with E-state index in [-0.39, 0.29) is 0 Å². The maximum atomic E-state index is 5.77.